The highest BCUT2D eigenvalue weighted by molar-refractivity contribution is 7.99. The van der Waals surface area contributed by atoms with Crippen LogP contribution in [-0.2, 0) is 6.18 Å². The van der Waals surface area contributed by atoms with Gasteiger partial charge in [0.05, 0.1) is 5.56 Å². The molecule has 0 aromatic heterocycles. The van der Waals surface area contributed by atoms with Crippen LogP contribution in [0.15, 0.2) is 53.8 Å². The highest BCUT2D eigenvalue weighted by atomic mass is 32.2. The van der Waals surface area contributed by atoms with Crippen LogP contribution in [0.5, 0.6) is 0 Å². The van der Waals surface area contributed by atoms with E-state index in [1.807, 2.05) is 53.1 Å². The van der Waals surface area contributed by atoms with Crippen LogP contribution in [0.2, 0.25) is 0 Å². The Bertz CT molecular complexity index is 815. The maximum absolute atomic E-state index is 12.9. The molecule has 4 rings (SSSR count). The van der Waals surface area contributed by atoms with E-state index in [1.54, 1.807) is 6.07 Å². The van der Waals surface area contributed by atoms with Crippen molar-refractivity contribution in [1.82, 2.24) is 14.8 Å². The van der Waals surface area contributed by atoms with Crippen LogP contribution in [0.3, 0.4) is 0 Å². The Morgan fingerprint density at radius 1 is 1.14 bits per heavy atom. The van der Waals surface area contributed by atoms with Gasteiger partial charge >= 0.3 is 6.18 Å². The number of nitrogens with zero attached hydrogens (tertiary/aromatic N) is 5. The second-order valence-electron chi connectivity index (χ2n) is 7.21. The Morgan fingerprint density at radius 3 is 2.69 bits per heavy atom. The monoisotopic (exact) mass is 423 g/mol. The third-order valence-corrected chi connectivity index (χ3v) is 6.52. The minimum absolute atomic E-state index is 0.164. The summed E-state index contributed by atoms with van der Waals surface area (Å²) in [4.78, 5) is 6.57. The van der Waals surface area contributed by atoms with Crippen molar-refractivity contribution in [2.45, 2.75) is 11.7 Å². The summed E-state index contributed by atoms with van der Waals surface area (Å²) in [5, 5.41) is 6.52. The molecule has 3 aliphatic rings. The van der Waals surface area contributed by atoms with Gasteiger partial charge in [-0.25, -0.2) is 0 Å². The van der Waals surface area contributed by atoms with Gasteiger partial charge in [-0.2, -0.15) is 18.3 Å². The van der Waals surface area contributed by atoms with Crippen LogP contribution >= 0.6 is 11.8 Å². The number of amidine groups is 1. The molecule has 1 saturated heterocycles. The molecule has 0 bridgehead atoms. The lowest BCUT2D eigenvalue weighted by Crippen LogP contribution is -2.47. The summed E-state index contributed by atoms with van der Waals surface area (Å²) in [5.41, 5.74) is 0.228. The van der Waals surface area contributed by atoms with Crippen LogP contribution in [-0.4, -0.2) is 71.7 Å². The number of thioether (sulfide) groups is 1. The van der Waals surface area contributed by atoms with Gasteiger partial charge in [-0.15, -0.1) is 11.8 Å². The number of alkyl halides is 3. The topological polar surface area (TPSA) is 25.3 Å². The molecule has 29 heavy (non-hydrogen) atoms. The van der Waals surface area contributed by atoms with Crippen LogP contribution in [0.1, 0.15) is 5.56 Å². The molecule has 1 aromatic carbocycles. The molecule has 156 valence electrons. The number of hydrogen-bond donors (Lipinski definition) is 0. The number of allylic oxidation sites excluding steroid dienone is 2. The first kappa shape index (κ1) is 20.2. The molecule has 3 heterocycles. The third-order valence-electron chi connectivity index (χ3n) is 5.27. The fourth-order valence-electron chi connectivity index (χ4n) is 3.69. The van der Waals surface area contributed by atoms with E-state index in [2.05, 4.69) is 14.9 Å². The van der Waals surface area contributed by atoms with Gasteiger partial charge in [-0.3, -0.25) is 9.91 Å². The average molecular weight is 424 g/mol. The molecular formula is C20H24F3N5S. The summed E-state index contributed by atoms with van der Waals surface area (Å²) in [6.07, 6.45) is 3.75. The van der Waals surface area contributed by atoms with Crippen molar-refractivity contribution < 1.29 is 13.2 Å². The van der Waals surface area contributed by atoms with Gasteiger partial charge in [0.2, 0.25) is 0 Å². The minimum atomic E-state index is -4.30. The van der Waals surface area contributed by atoms with Crippen molar-refractivity contribution in [1.29, 1.82) is 0 Å². The molecular weight excluding hydrogens is 399 g/mol. The predicted octanol–water partition coefficient (Wildman–Crippen LogP) is 3.49. The lowest BCUT2D eigenvalue weighted by Gasteiger charge is -2.36. The first-order valence-corrected chi connectivity index (χ1v) is 10.7. The van der Waals surface area contributed by atoms with E-state index < -0.39 is 11.7 Å². The van der Waals surface area contributed by atoms with Gasteiger partial charge in [-0.05, 0) is 30.4 Å². The second kappa shape index (κ2) is 8.31. The third kappa shape index (κ3) is 4.56. The van der Waals surface area contributed by atoms with Gasteiger partial charge in [-0.1, -0.05) is 12.1 Å². The normalized spacial score (nSPS) is 22.3. The van der Waals surface area contributed by atoms with E-state index in [1.165, 1.54) is 12.1 Å². The predicted molar refractivity (Wildman–Crippen MR) is 112 cm³/mol. The molecule has 1 aromatic rings. The molecule has 0 N–H and O–H groups in total. The van der Waals surface area contributed by atoms with Crippen LogP contribution in [0.25, 0.3) is 0 Å². The molecule has 0 spiro atoms. The molecule has 9 heteroatoms. The summed E-state index contributed by atoms with van der Waals surface area (Å²) in [7, 11) is 1.98. The number of rotatable bonds is 5. The van der Waals surface area contributed by atoms with Gasteiger partial charge < -0.3 is 9.80 Å². The number of hydrazone groups is 1. The number of piperazine rings is 1. The van der Waals surface area contributed by atoms with Crippen molar-refractivity contribution in [2.24, 2.45) is 5.10 Å². The molecule has 1 atom stereocenters. The number of halogens is 3. The summed E-state index contributed by atoms with van der Waals surface area (Å²) < 4.78 is 38.8. The first-order chi connectivity index (χ1) is 13.9. The van der Waals surface area contributed by atoms with E-state index in [0.717, 1.165) is 50.4 Å². The van der Waals surface area contributed by atoms with Gasteiger partial charge in [0.15, 0.2) is 11.3 Å². The Kier molecular flexibility index (Phi) is 5.78. The first-order valence-electron chi connectivity index (χ1n) is 9.63. The van der Waals surface area contributed by atoms with Crippen molar-refractivity contribution in [3.63, 3.8) is 0 Å². The fourth-order valence-corrected chi connectivity index (χ4v) is 4.87. The smallest absolute Gasteiger partial charge is 0.369 e. The highest BCUT2D eigenvalue weighted by Gasteiger charge is 2.32. The molecule has 1 fully saturated rings. The van der Waals surface area contributed by atoms with Gasteiger partial charge in [0.25, 0.3) is 0 Å². The largest absolute Gasteiger partial charge is 0.416 e. The second-order valence-corrected chi connectivity index (χ2v) is 8.38. The zero-order valence-electron chi connectivity index (χ0n) is 16.2. The minimum Gasteiger partial charge on any atom is -0.369 e. The van der Waals surface area contributed by atoms with Gasteiger partial charge in [0.1, 0.15) is 0 Å². The number of fused-ring (bicyclic) bond motifs is 1. The van der Waals surface area contributed by atoms with E-state index in [0.29, 0.717) is 5.69 Å². The Labute approximate surface area is 173 Å². The zero-order chi connectivity index (χ0) is 20.4. The van der Waals surface area contributed by atoms with Gasteiger partial charge in [0, 0.05) is 57.4 Å². The van der Waals surface area contributed by atoms with Crippen molar-refractivity contribution >= 4 is 23.3 Å². The summed E-state index contributed by atoms with van der Waals surface area (Å²) in [6.45, 7) is 4.13. The van der Waals surface area contributed by atoms with E-state index in [-0.39, 0.29) is 5.50 Å². The Morgan fingerprint density at radius 2 is 1.93 bits per heavy atom. The standard InChI is InChI=1S/C20H24F3N5S/c1-25-19(28-8-3-2-7-18(28)24-25)29-14-13-26-9-11-27(12-10-26)17-6-4-5-16(15-17)20(21,22)23/h2-8,15,19H,9-14H2,1H3. The number of anilines is 1. The summed E-state index contributed by atoms with van der Waals surface area (Å²) >= 11 is 1.85. The molecule has 0 aliphatic carbocycles. The molecule has 0 amide bonds. The molecule has 0 saturated carbocycles. The van der Waals surface area contributed by atoms with Crippen LogP contribution in [0, 0.1) is 0 Å². The number of hydrogen-bond acceptors (Lipinski definition) is 6. The van der Waals surface area contributed by atoms with Crippen molar-refractivity contribution in [3.05, 3.63) is 54.3 Å². The Balaban J connectivity index is 1.24. The van der Waals surface area contributed by atoms with Crippen LogP contribution < -0.4 is 4.90 Å². The molecule has 1 unspecified atom stereocenters. The fraction of sp³-hybridized carbons (Fsp3) is 0.450. The van der Waals surface area contributed by atoms with Crippen molar-refractivity contribution in [2.75, 3.05) is 50.4 Å². The van der Waals surface area contributed by atoms with Crippen molar-refractivity contribution in [3.8, 4) is 0 Å². The molecule has 3 aliphatic heterocycles. The summed E-state index contributed by atoms with van der Waals surface area (Å²) in [5.74, 6) is 1.93. The number of benzene rings is 1. The van der Waals surface area contributed by atoms with Crippen LogP contribution in [0.4, 0.5) is 18.9 Å². The van der Waals surface area contributed by atoms with E-state index >= 15 is 0 Å². The Hall–Kier alpha value is -2.13. The zero-order valence-corrected chi connectivity index (χ0v) is 17.0. The highest BCUT2D eigenvalue weighted by Crippen LogP contribution is 2.32. The lowest BCUT2D eigenvalue weighted by atomic mass is 10.1. The summed E-state index contributed by atoms with van der Waals surface area (Å²) in [6, 6.07) is 5.62. The van der Waals surface area contributed by atoms with E-state index in [9.17, 15) is 13.2 Å². The maximum Gasteiger partial charge on any atom is 0.416 e. The average Bonchev–Trinajstić information content (AvgIpc) is 3.03. The maximum atomic E-state index is 12.9. The SMILES string of the molecule is CN1N=C2C=CC=CN2C1SCCN1CCN(c2cccc(C(F)(F)F)c2)CC1. The quantitative estimate of drug-likeness (QED) is 0.722. The molecule has 0 radical (unpaired) electrons. The van der Waals surface area contributed by atoms with E-state index in [4.69, 9.17) is 0 Å². The lowest BCUT2D eigenvalue weighted by molar-refractivity contribution is -0.137. The molecule has 5 nitrogen and oxygen atoms in total.